The number of hydrogen-bond acceptors (Lipinski definition) is 10. The molecule has 0 amide bonds. The summed E-state index contributed by atoms with van der Waals surface area (Å²) in [4.78, 5) is 28.8. The third-order valence-corrected chi connectivity index (χ3v) is 9.53. The molecule has 0 radical (unpaired) electrons. The van der Waals surface area contributed by atoms with E-state index >= 15 is 0 Å². The van der Waals surface area contributed by atoms with E-state index in [0.29, 0.717) is 22.7 Å². The summed E-state index contributed by atoms with van der Waals surface area (Å²) in [6.07, 6.45) is -3.61. The fourth-order valence-corrected chi connectivity index (χ4v) is 6.28. The molecule has 0 saturated heterocycles. The van der Waals surface area contributed by atoms with Gasteiger partial charge < -0.3 is 40.2 Å². The fourth-order valence-electron chi connectivity index (χ4n) is 6.28. The van der Waals surface area contributed by atoms with Crippen molar-refractivity contribution >= 4 is 69.8 Å². The number of nitrogens with zero attached hydrogens (tertiary/aromatic N) is 12. The van der Waals surface area contributed by atoms with Gasteiger partial charge in [0.1, 0.15) is 11.6 Å². The summed E-state index contributed by atoms with van der Waals surface area (Å²) in [7, 11) is 3.27. The maximum absolute atomic E-state index is 12.6. The van der Waals surface area contributed by atoms with Crippen molar-refractivity contribution in [2.24, 2.45) is 9.98 Å². The molecular formula is C52H40F6N12Pt2-6. The standard InChI is InChI=1S/2C13H9F3N4.2C13H11N2.2Pt/c2*1-19-8-20(9-5-3-2-4-6-9)10-7-17-12(13(14,15)16)18-11(10)19;2*1-3-7-12(8-4-1)14-11-15-13-9-5-2-6-10-13;;/h2*2-5,7-8H,1H3;2*1-11H;;/q2*-2;2*-1;;. The monoisotopic (exact) mass is 1340 g/mol. The Bertz CT molecular complexity index is 2710. The van der Waals surface area contributed by atoms with E-state index in [1.54, 1.807) is 74.2 Å². The van der Waals surface area contributed by atoms with Crippen LogP contribution in [0.3, 0.4) is 0 Å². The van der Waals surface area contributed by atoms with Crippen molar-refractivity contribution in [3.05, 3.63) is 230 Å². The average Bonchev–Trinajstić information content (AvgIpc) is 3.91. The Balaban J connectivity index is 0.000000178. The maximum Gasteiger partial charge on any atom is 0.451 e. The summed E-state index contributed by atoms with van der Waals surface area (Å²) >= 11 is 0. The van der Waals surface area contributed by atoms with E-state index in [2.05, 4.69) is 52.7 Å². The number of halogens is 6. The van der Waals surface area contributed by atoms with Crippen LogP contribution in [0.15, 0.2) is 192 Å². The largest absolute Gasteiger partial charge is 0.491 e. The molecule has 0 N–H and O–H groups in total. The molecule has 0 spiro atoms. The molecule has 0 atom stereocenters. The zero-order valence-corrected chi connectivity index (χ0v) is 42.4. The average molecular weight is 1340 g/mol. The molecule has 2 aliphatic heterocycles. The molecule has 376 valence electrons. The van der Waals surface area contributed by atoms with Gasteiger partial charge in [-0.25, -0.2) is 19.9 Å². The Labute approximate surface area is 441 Å². The molecule has 0 fully saturated rings. The zero-order valence-electron chi connectivity index (χ0n) is 37.9. The molecule has 0 bridgehead atoms. The van der Waals surface area contributed by atoms with Crippen LogP contribution in [0.25, 0.3) is 10.6 Å². The Morgan fingerprint density at radius 1 is 0.486 bits per heavy atom. The van der Waals surface area contributed by atoms with Crippen LogP contribution in [-0.2, 0) is 54.5 Å². The molecular weight excluding hydrogens is 1300 g/mol. The first-order valence-electron chi connectivity index (χ1n) is 21.1. The van der Waals surface area contributed by atoms with Crippen LogP contribution in [0.4, 0.5) is 83.5 Å². The van der Waals surface area contributed by atoms with Gasteiger partial charge in [0.05, 0.1) is 23.8 Å². The molecule has 10 rings (SSSR count). The van der Waals surface area contributed by atoms with Crippen molar-refractivity contribution in [1.29, 1.82) is 0 Å². The first-order valence-corrected chi connectivity index (χ1v) is 21.1. The van der Waals surface area contributed by atoms with E-state index in [4.69, 9.17) is 0 Å². The predicted molar refractivity (Wildman–Crippen MR) is 262 cm³/mol. The number of alkyl halides is 6. The number of rotatable bonds is 8. The van der Waals surface area contributed by atoms with Gasteiger partial charge in [0, 0.05) is 42.1 Å². The summed E-state index contributed by atoms with van der Waals surface area (Å²) in [5.74, 6) is -1.86. The normalized spacial score (nSPS) is 12.4. The van der Waals surface area contributed by atoms with E-state index in [1.165, 1.54) is 22.2 Å². The van der Waals surface area contributed by atoms with E-state index in [9.17, 15) is 26.3 Å². The summed E-state index contributed by atoms with van der Waals surface area (Å²) in [5, 5.41) is 8.42. The van der Waals surface area contributed by atoms with Crippen molar-refractivity contribution in [3.8, 4) is 0 Å². The van der Waals surface area contributed by atoms with Crippen molar-refractivity contribution in [1.82, 2.24) is 19.9 Å². The number of anilines is 6. The van der Waals surface area contributed by atoms with Gasteiger partial charge >= 0.3 is 12.4 Å². The minimum atomic E-state index is -4.55. The van der Waals surface area contributed by atoms with Crippen molar-refractivity contribution < 1.29 is 68.5 Å². The number of para-hydroxylation sites is 6. The Hall–Kier alpha value is -7.42. The van der Waals surface area contributed by atoms with Gasteiger partial charge in [-0.05, 0) is 36.8 Å². The minimum absolute atomic E-state index is 0. The molecule has 2 aliphatic rings. The van der Waals surface area contributed by atoms with Gasteiger partial charge in [0.2, 0.25) is 11.6 Å². The van der Waals surface area contributed by atoms with Gasteiger partial charge in [-0.3, -0.25) is 0 Å². The molecule has 72 heavy (non-hydrogen) atoms. The summed E-state index contributed by atoms with van der Waals surface area (Å²) in [6.45, 7) is 3.29. The van der Waals surface area contributed by atoms with Crippen LogP contribution in [-0.4, -0.2) is 46.7 Å². The van der Waals surface area contributed by atoms with Crippen LogP contribution in [0.1, 0.15) is 11.6 Å². The molecule has 20 heteroatoms. The van der Waals surface area contributed by atoms with Gasteiger partial charge in [-0.1, -0.05) is 134 Å². The minimum Gasteiger partial charge on any atom is -0.491 e. The van der Waals surface area contributed by atoms with Gasteiger partial charge in [0.25, 0.3) is 0 Å². The zero-order chi connectivity index (χ0) is 49.4. The topological polar surface area (TPSA) is 117 Å². The number of aliphatic imine (C=N–C) groups is 2. The maximum atomic E-state index is 12.6. The molecule has 0 aliphatic carbocycles. The van der Waals surface area contributed by atoms with Crippen LogP contribution in [0.5, 0.6) is 0 Å². The van der Waals surface area contributed by atoms with Gasteiger partial charge in [-0.15, -0.1) is 11.4 Å². The number of fused-ring (bicyclic) bond motifs is 2. The van der Waals surface area contributed by atoms with E-state index in [-0.39, 0.29) is 53.8 Å². The summed E-state index contributed by atoms with van der Waals surface area (Å²) in [6, 6.07) is 59.4. The van der Waals surface area contributed by atoms with Crippen molar-refractivity contribution in [3.63, 3.8) is 0 Å². The second-order valence-electron chi connectivity index (χ2n) is 14.6. The molecule has 0 unspecified atom stereocenters. The molecule has 2 aromatic heterocycles. The third kappa shape index (κ3) is 15.8. The second kappa shape index (κ2) is 26.7. The van der Waals surface area contributed by atoms with E-state index < -0.39 is 24.0 Å². The van der Waals surface area contributed by atoms with Crippen LogP contribution in [0, 0.1) is 25.5 Å². The molecule has 8 aromatic rings. The summed E-state index contributed by atoms with van der Waals surface area (Å²) < 4.78 is 75.8. The third-order valence-electron chi connectivity index (χ3n) is 9.53. The number of hydrogen-bond donors (Lipinski definition) is 0. The molecule has 6 aromatic carbocycles. The van der Waals surface area contributed by atoms with Crippen LogP contribution < -0.4 is 19.6 Å². The van der Waals surface area contributed by atoms with Gasteiger partial charge in [0.15, 0.2) is 0 Å². The Morgan fingerprint density at radius 3 is 1.14 bits per heavy atom. The molecule has 4 heterocycles. The molecule has 12 nitrogen and oxygen atoms in total. The van der Waals surface area contributed by atoms with Crippen molar-refractivity contribution in [2.45, 2.75) is 12.4 Å². The van der Waals surface area contributed by atoms with Crippen LogP contribution >= 0.6 is 0 Å². The van der Waals surface area contributed by atoms with E-state index in [0.717, 1.165) is 22.7 Å². The van der Waals surface area contributed by atoms with Crippen molar-refractivity contribution in [2.75, 3.05) is 33.7 Å². The quantitative estimate of drug-likeness (QED) is 0.0639. The SMILES string of the molecule is C(=Nc1ccccc1)[N-]c1ccccc1.C(=Nc1ccccc1)[N-]c1ccccc1.CN1[CH-]N(c2[c-]cccc2)c2cnc(C(F)(F)F)nc21.CN1[CH-]N(c2[c-]cccc2)c2cnc(C(F)(F)F)nc21.[Pt].[Pt]. The predicted octanol–water partition coefficient (Wildman–Crippen LogP) is 14.1. The Morgan fingerprint density at radius 2 is 0.819 bits per heavy atom. The Kier molecular flexibility index (Phi) is 20.6. The number of benzene rings is 6. The first kappa shape index (κ1) is 55.5. The number of aromatic nitrogens is 4. The summed E-state index contributed by atoms with van der Waals surface area (Å²) in [5.41, 5.74) is 6.05. The van der Waals surface area contributed by atoms with Gasteiger partial charge in [-0.2, -0.15) is 100 Å². The first-order chi connectivity index (χ1) is 33.8. The van der Waals surface area contributed by atoms with Crippen LogP contribution in [0.2, 0.25) is 0 Å². The second-order valence-corrected chi connectivity index (χ2v) is 14.6. The smallest absolute Gasteiger partial charge is 0.451 e. The fraction of sp³-hybridized carbons (Fsp3) is 0.0769. The molecule has 0 saturated carbocycles. The van der Waals surface area contributed by atoms with E-state index in [1.807, 2.05) is 146 Å².